The number of rotatable bonds is 39. The summed E-state index contributed by atoms with van der Waals surface area (Å²) in [7, 11) is 0. The second-order valence-electron chi connectivity index (χ2n) is 21.9. The lowest BCUT2D eigenvalue weighted by Gasteiger charge is -2.30. The average Bonchev–Trinajstić information content (AvgIpc) is 2.23. The van der Waals surface area contributed by atoms with Gasteiger partial charge in [-0.1, -0.05) is 50.6 Å². The summed E-state index contributed by atoms with van der Waals surface area (Å²) in [6, 6.07) is -5.54. The van der Waals surface area contributed by atoms with Crippen LogP contribution < -0.4 is 48.3 Å². The highest BCUT2D eigenvalue weighted by molar-refractivity contribution is 6.00. The predicted molar refractivity (Wildman–Crippen MR) is 316 cm³/mol. The molecular weight excluding hydrogens is 1220 g/mol. The van der Waals surface area contributed by atoms with Crippen LogP contribution in [0, 0.1) is 5.92 Å². The van der Waals surface area contributed by atoms with E-state index in [1.807, 2.05) is 0 Å². The van der Waals surface area contributed by atoms with Gasteiger partial charge in [-0.15, -0.1) is 0 Å². The van der Waals surface area contributed by atoms with Crippen molar-refractivity contribution in [2.24, 2.45) is 11.7 Å². The number of aliphatic hydroxyl groups is 1. The Morgan fingerprint density at radius 1 is 0.554 bits per heavy atom. The number of hydrogen-bond acceptors (Lipinski definition) is 18. The molecule has 11 atom stereocenters. The summed E-state index contributed by atoms with van der Waals surface area (Å²) in [6.07, 6.45) is -5.48. The summed E-state index contributed by atoms with van der Waals surface area (Å²) in [5.74, 6) is -20.2. The Balaban J connectivity index is 1.64. The number of nitrogens with one attached hydrogen (secondary N) is 9. The lowest BCUT2D eigenvalue weighted by atomic mass is 9.98. The number of nitrogens with two attached hydrogens (primary N) is 1. The Kier molecular flexibility index (Phi) is 28.9. The van der Waals surface area contributed by atoms with Gasteiger partial charge in [0.25, 0.3) is 0 Å². The Morgan fingerprint density at radius 3 is 1.49 bits per heavy atom. The van der Waals surface area contributed by atoms with Crippen LogP contribution in [0.15, 0.2) is 54.7 Å². The lowest BCUT2D eigenvalue weighted by molar-refractivity contribution is -0.148. The maximum atomic E-state index is 14.5. The number of benzene rings is 2. The maximum absolute atomic E-state index is 14.5. The molecule has 502 valence electrons. The topological polar surface area (TPSA) is 559 Å². The number of carboxylic acids is 6. The highest BCUT2D eigenvalue weighted by Crippen LogP contribution is 2.23. The van der Waals surface area contributed by atoms with E-state index in [9.17, 15) is 108 Å². The van der Waals surface area contributed by atoms with Gasteiger partial charge in [-0.2, -0.15) is 0 Å². The minimum Gasteiger partial charge on any atom is -0.508 e. The normalized spacial score (nSPS) is 16.0. The number of likely N-dealkylation sites (tertiary alicyclic amines) is 1. The first kappa shape index (κ1) is 74.2. The lowest BCUT2D eigenvalue weighted by Crippen LogP contribution is -2.61. The minimum atomic E-state index is -2.07. The van der Waals surface area contributed by atoms with Gasteiger partial charge >= 0.3 is 35.8 Å². The number of H-pyrrole nitrogens is 1. The Hall–Kier alpha value is -10.2. The minimum absolute atomic E-state index is 0.0180. The Bertz CT molecular complexity index is 3190. The second kappa shape index (κ2) is 35.8. The van der Waals surface area contributed by atoms with E-state index in [0.29, 0.717) is 28.5 Å². The van der Waals surface area contributed by atoms with Gasteiger partial charge in [-0.05, 0) is 73.8 Å². The number of nitrogens with zero attached hydrogens (tertiary/aromatic N) is 1. The van der Waals surface area contributed by atoms with Crippen molar-refractivity contribution in [3.05, 3.63) is 65.9 Å². The molecular formula is C58H77N11O23. The van der Waals surface area contributed by atoms with Gasteiger partial charge in [-0.3, -0.25) is 67.1 Å². The van der Waals surface area contributed by atoms with Crippen LogP contribution in [0.4, 0.5) is 0 Å². The zero-order chi connectivity index (χ0) is 68.5. The van der Waals surface area contributed by atoms with Crippen LogP contribution in [-0.2, 0) is 84.8 Å². The first-order valence-electron chi connectivity index (χ1n) is 29.2. The number of aromatic hydroxyl groups is 1. The molecule has 0 unspecified atom stereocenters. The molecule has 3 aromatic rings. The molecule has 1 aliphatic rings. The van der Waals surface area contributed by atoms with Crippen molar-refractivity contribution in [1.29, 1.82) is 0 Å². The quantitative estimate of drug-likeness (QED) is 0.0269. The third kappa shape index (κ3) is 23.3. The van der Waals surface area contributed by atoms with Crippen molar-refractivity contribution < 1.29 is 113 Å². The molecule has 34 heteroatoms. The van der Waals surface area contributed by atoms with E-state index in [-0.39, 0.29) is 38.0 Å². The van der Waals surface area contributed by atoms with Gasteiger partial charge in [0.1, 0.15) is 60.1 Å². The average molecular weight is 1300 g/mol. The zero-order valence-electron chi connectivity index (χ0n) is 50.1. The molecule has 1 saturated heterocycles. The fraction of sp³-hybridized carbons (Fsp3) is 0.500. The fourth-order valence-electron chi connectivity index (χ4n) is 9.74. The summed E-state index contributed by atoms with van der Waals surface area (Å²) in [4.78, 5) is 201. The Labute approximate surface area is 524 Å². The van der Waals surface area contributed by atoms with E-state index in [1.54, 1.807) is 38.1 Å². The highest BCUT2D eigenvalue weighted by Gasteiger charge is 2.42. The van der Waals surface area contributed by atoms with Crippen LogP contribution >= 0.6 is 0 Å². The molecule has 9 amide bonds. The smallest absolute Gasteiger partial charge is 0.326 e. The summed E-state index contributed by atoms with van der Waals surface area (Å²) in [6.45, 7) is 1.86. The number of aliphatic hydroxyl groups excluding tert-OH is 1. The molecule has 1 fully saturated rings. The van der Waals surface area contributed by atoms with Gasteiger partial charge < -0.3 is 99.0 Å². The number of aliphatic carboxylic acids is 6. The van der Waals surface area contributed by atoms with Crippen LogP contribution in [0.5, 0.6) is 5.75 Å². The predicted octanol–water partition coefficient (Wildman–Crippen LogP) is -3.09. The molecule has 0 spiro atoms. The van der Waals surface area contributed by atoms with E-state index in [4.69, 9.17) is 10.8 Å². The number of para-hydroxylation sites is 1. The first-order chi connectivity index (χ1) is 43.4. The first-order valence-corrected chi connectivity index (χ1v) is 29.2. The Morgan fingerprint density at radius 2 is 1.00 bits per heavy atom. The van der Waals surface area contributed by atoms with Crippen molar-refractivity contribution in [3.8, 4) is 5.75 Å². The maximum Gasteiger partial charge on any atom is 0.326 e. The zero-order valence-corrected chi connectivity index (χ0v) is 50.1. The number of carbonyl (C=O) groups excluding carboxylic acids is 9. The van der Waals surface area contributed by atoms with Crippen LogP contribution in [0.1, 0.15) is 102 Å². The van der Waals surface area contributed by atoms with Crippen LogP contribution in [0.2, 0.25) is 0 Å². The molecule has 1 aliphatic heterocycles. The molecule has 0 aliphatic carbocycles. The number of fused-ring (bicyclic) bond motifs is 1. The molecule has 2 aromatic carbocycles. The van der Waals surface area contributed by atoms with Crippen molar-refractivity contribution in [2.75, 3.05) is 13.2 Å². The molecule has 1 aromatic heterocycles. The number of phenolic OH excluding ortho intramolecular Hbond substituents is 1. The molecule has 19 N–H and O–H groups in total. The van der Waals surface area contributed by atoms with Crippen molar-refractivity contribution in [3.63, 3.8) is 0 Å². The van der Waals surface area contributed by atoms with E-state index in [2.05, 4.69) is 47.5 Å². The van der Waals surface area contributed by atoms with E-state index in [0.717, 1.165) is 4.90 Å². The molecule has 0 radical (unpaired) electrons. The SMILES string of the molecule is CC[C@H](C)[C@H](NC(=O)[C@@H]1CCCN1C(=O)[C@H](CC(=O)O)NC(=O)[C@H](CCC(=O)O)NC(=O)[C@H](CO)NC(=O)[C@H](Cc1c[nH]c2ccccc12)NC(=O)[C@H](CCC(=O)O)NC(=O)[C@H](CCC(=O)O)NC(=O)[C@H](Cc1ccc(O)cc1)NC(=O)[C@@H](N)CCC(=O)O)C(=O)O. The van der Waals surface area contributed by atoms with Crippen molar-refractivity contribution >= 4 is 99.9 Å². The van der Waals surface area contributed by atoms with Gasteiger partial charge in [0.15, 0.2) is 0 Å². The van der Waals surface area contributed by atoms with E-state index < -0.39 is 220 Å². The number of amides is 9. The number of aromatic amines is 1. The highest BCUT2D eigenvalue weighted by atomic mass is 16.4. The summed E-state index contributed by atoms with van der Waals surface area (Å²) in [5.41, 5.74) is 7.08. The van der Waals surface area contributed by atoms with Crippen molar-refractivity contribution in [1.82, 2.24) is 52.4 Å². The second-order valence-corrected chi connectivity index (χ2v) is 21.9. The largest absolute Gasteiger partial charge is 0.508 e. The monoisotopic (exact) mass is 1300 g/mol. The van der Waals surface area contributed by atoms with Gasteiger partial charge in [0, 0.05) is 62.2 Å². The number of carbonyl (C=O) groups is 15. The third-order valence-corrected chi connectivity index (χ3v) is 15.0. The fourth-order valence-corrected chi connectivity index (χ4v) is 9.74. The van der Waals surface area contributed by atoms with Gasteiger partial charge in [-0.25, -0.2) is 4.79 Å². The number of carboxylic acid groups (broad SMARTS) is 6. The molecule has 0 saturated carbocycles. The molecule has 0 bridgehead atoms. The van der Waals surface area contributed by atoms with Crippen LogP contribution in [0.3, 0.4) is 0 Å². The molecule has 2 heterocycles. The number of hydrogen-bond donors (Lipinski definition) is 18. The van der Waals surface area contributed by atoms with E-state index in [1.165, 1.54) is 30.5 Å². The number of phenols is 1. The molecule has 92 heavy (non-hydrogen) atoms. The number of aromatic nitrogens is 1. The summed E-state index contributed by atoms with van der Waals surface area (Å²) >= 11 is 0. The molecule has 34 nitrogen and oxygen atoms in total. The third-order valence-electron chi connectivity index (χ3n) is 15.0. The van der Waals surface area contributed by atoms with Gasteiger partial charge in [0.05, 0.1) is 19.1 Å². The summed E-state index contributed by atoms with van der Waals surface area (Å²) in [5, 5.41) is 96.9. The molecule has 4 rings (SSSR count). The summed E-state index contributed by atoms with van der Waals surface area (Å²) < 4.78 is 0. The van der Waals surface area contributed by atoms with Crippen molar-refractivity contribution in [2.45, 2.75) is 164 Å². The van der Waals surface area contributed by atoms with Gasteiger partial charge in [0.2, 0.25) is 53.2 Å². The van der Waals surface area contributed by atoms with Crippen LogP contribution in [-0.4, -0.2) is 213 Å². The standard InChI is InChI=1S/C58H77N11O23/c1-3-28(2)48(58(91)92)68-56(89)42-9-6-22-69(42)57(90)40(25-47(80)81)66-52(85)37(17-21-46(78)79)63-55(88)41(27-70)67-54(87)39(24-30-26-60-34-8-5-4-7-32(30)34)65-51(84)36(16-20-45(76)77)61-50(83)35(15-19-44(74)75)62-53(86)38(23-29-10-12-31(71)13-11-29)64-49(82)33(59)14-18-43(72)73/h4-5,7-8,10-13,26,28,33,35-42,48,60,70-71H,3,6,9,14-25,27,59H2,1-2H3,(H,61,83)(H,62,86)(H,63,88)(H,64,82)(H,65,84)(H,66,85)(H,67,87)(H,68,89)(H,72,73)(H,74,75)(H,76,77)(H,78,79)(H,80,81)(H,91,92)/t28-,33-,35-,36-,37-,38-,39-,40-,41-,42-,48-/m0/s1. The van der Waals surface area contributed by atoms with Crippen LogP contribution in [0.25, 0.3) is 10.9 Å². The van der Waals surface area contributed by atoms with E-state index >= 15 is 0 Å².